The van der Waals surface area contributed by atoms with Crippen molar-refractivity contribution >= 4 is 11.3 Å². The Labute approximate surface area is 112 Å². The molecule has 1 aromatic carbocycles. The van der Waals surface area contributed by atoms with Crippen LogP contribution in [0.4, 0.5) is 0 Å². The maximum atomic E-state index is 9.50. The minimum absolute atomic E-state index is 0.220. The molecule has 0 spiro atoms. The topological polar surface area (TPSA) is 45.1 Å². The van der Waals surface area contributed by atoms with Crippen molar-refractivity contribution in [2.24, 2.45) is 0 Å². The van der Waals surface area contributed by atoms with Crippen LogP contribution in [0.25, 0.3) is 0 Å². The van der Waals surface area contributed by atoms with E-state index in [2.05, 4.69) is 22.6 Å². The molecule has 0 fully saturated rings. The molecule has 4 heteroatoms. The van der Waals surface area contributed by atoms with Gasteiger partial charge in [-0.1, -0.05) is 19.1 Å². The zero-order chi connectivity index (χ0) is 12.8. The third-order valence-corrected chi connectivity index (χ3v) is 3.40. The number of aromatic nitrogens is 1. The van der Waals surface area contributed by atoms with E-state index < -0.39 is 0 Å². The number of hydrogen-bond donors (Lipinski definition) is 2. The molecule has 0 bridgehead atoms. The summed E-state index contributed by atoms with van der Waals surface area (Å²) in [6, 6.07) is 7.64. The molecule has 1 unspecified atom stereocenters. The molecule has 2 rings (SSSR count). The number of thiazole rings is 1. The van der Waals surface area contributed by atoms with Crippen LogP contribution in [-0.2, 0) is 6.42 Å². The fraction of sp³-hybridized carbons (Fsp3) is 0.357. The summed E-state index contributed by atoms with van der Waals surface area (Å²) in [4.78, 5) is 4.38. The molecule has 96 valence electrons. The van der Waals surface area contributed by atoms with Crippen LogP contribution in [0.3, 0.4) is 0 Å². The van der Waals surface area contributed by atoms with Crippen molar-refractivity contribution in [3.05, 3.63) is 46.4 Å². The number of phenols is 1. The van der Waals surface area contributed by atoms with E-state index in [0.29, 0.717) is 5.75 Å². The summed E-state index contributed by atoms with van der Waals surface area (Å²) in [5, 5.41) is 15.1. The first-order valence-electron chi connectivity index (χ1n) is 6.19. The Morgan fingerprint density at radius 2 is 2.33 bits per heavy atom. The third-order valence-electron chi connectivity index (χ3n) is 2.80. The van der Waals surface area contributed by atoms with Gasteiger partial charge in [0.05, 0.1) is 17.2 Å². The highest BCUT2D eigenvalue weighted by Gasteiger charge is 2.13. The second kappa shape index (κ2) is 6.52. The smallest absolute Gasteiger partial charge is 0.115 e. The number of rotatable bonds is 6. The zero-order valence-electron chi connectivity index (χ0n) is 10.5. The lowest BCUT2D eigenvalue weighted by Gasteiger charge is -2.16. The van der Waals surface area contributed by atoms with Gasteiger partial charge in [0.15, 0.2) is 0 Å². The summed E-state index contributed by atoms with van der Waals surface area (Å²) in [7, 11) is 0. The largest absolute Gasteiger partial charge is 0.508 e. The van der Waals surface area contributed by atoms with Gasteiger partial charge in [-0.3, -0.25) is 0 Å². The van der Waals surface area contributed by atoms with Crippen LogP contribution in [0.1, 0.15) is 30.6 Å². The van der Waals surface area contributed by atoms with Gasteiger partial charge in [0.2, 0.25) is 0 Å². The van der Waals surface area contributed by atoms with Gasteiger partial charge >= 0.3 is 0 Å². The normalized spacial score (nSPS) is 12.5. The van der Waals surface area contributed by atoms with E-state index in [1.54, 1.807) is 17.4 Å². The van der Waals surface area contributed by atoms with Crippen molar-refractivity contribution < 1.29 is 5.11 Å². The predicted molar refractivity (Wildman–Crippen MR) is 75.0 cm³/mol. The Hall–Kier alpha value is -1.39. The maximum absolute atomic E-state index is 9.50. The first-order valence-corrected chi connectivity index (χ1v) is 7.13. The molecule has 0 saturated heterocycles. The number of nitrogens with one attached hydrogen (secondary N) is 1. The maximum Gasteiger partial charge on any atom is 0.115 e. The van der Waals surface area contributed by atoms with Gasteiger partial charge in [0, 0.05) is 5.38 Å². The zero-order valence-corrected chi connectivity index (χ0v) is 11.3. The molecule has 2 N–H and O–H groups in total. The van der Waals surface area contributed by atoms with E-state index in [4.69, 9.17) is 0 Å². The van der Waals surface area contributed by atoms with Gasteiger partial charge in [-0.2, -0.15) is 0 Å². The van der Waals surface area contributed by atoms with Crippen molar-refractivity contribution in [1.29, 1.82) is 0 Å². The lowest BCUT2D eigenvalue weighted by atomic mass is 10.0. The van der Waals surface area contributed by atoms with E-state index in [1.807, 2.05) is 23.7 Å². The summed E-state index contributed by atoms with van der Waals surface area (Å²) >= 11 is 1.61. The summed E-state index contributed by atoms with van der Waals surface area (Å²) in [6.07, 6.45) is 1.94. The van der Waals surface area contributed by atoms with Crippen molar-refractivity contribution in [3.8, 4) is 5.75 Å². The highest BCUT2D eigenvalue weighted by Crippen LogP contribution is 2.20. The summed E-state index contributed by atoms with van der Waals surface area (Å²) in [5.74, 6) is 0.319. The van der Waals surface area contributed by atoms with Gasteiger partial charge in [-0.15, -0.1) is 11.3 Å². The van der Waals surface area contributed by atoms with Crippen LogP contribution in [0.2, 0.25) is 0 Å². The Balaban J connectivity index is 2.10. The van der Waals surface area contributed by atoms with E-state index >= 15 is 0 Å². The average Bonchev–Trinajstić information content (AvgIpc) is 2.88. The van der Waals surface area contributed by atoms with Crippen LogP contribution in [0.15, 0.2) is 35.2 Å². The van der Waals surface area contributed by atoms with Crippen molar-refractivity contribution in [2.75, 3.05) is 6.54 Å². The van der Waals surface area contributed by atoms with Gasteiger partial charge < -0.3 is 10.4 Å². The van der Waals surface area contributed by atoms with E-state index in [9.17, 15) is 5.11 Å². The Kier molecular flexibility index (Phi) is 4.73. The molecule has 0 saturated carbocycles. The highest BCUT2D eigenvalue weighted by molar-refractivity contribution is 7.07. The quantitative estimate of drug-likeness (QED) is 0.840. The number of benzene rings is 1. The second-order valence-corrected chi connectivity index (χ2v) is 5.01. The van der Waals surface area contributed by atoms with E-state index in [1.165, 1.54) is 0 Å². The van der Waals surface area contributed by atoms with Crippen molar-refractivity contribution in [3.63, 3.8) is 0 Å². The molecule has 0 radical (unpaired) electrons. The van der Waals surface area contributed by atoms with Crippen LogP contribution in [0, 0.1) is 0 Å². The van der Waals surface area contributed by atoms with Gasteiger partial charge in [0.1, 0.15) is 5.75 Å². The van der Waals surface area contributed by atoms with Crippen molar-refractivity contribution in [1.82, 2.24) is 10.3 Å². The lowest BCUT2D eigenvalue weighted by Crippen LogP contribution is -2.24. The SMILES string of the molecule is CCCNC(Cc1cccc(O)c1)c1cscn1. The summed E-state index contributed by atoms with van der Waals surface area (Å²) in [6.45, 7) is 3.13. The summed E-state index contributed by atoms with van der Waals surface area (Å²) in [5.41, 5.74) is 4.06. The molecule has 0 aliphatic heterocycles. The molecule has 1 heterocycles. The fourth-order valence-electron chi connectivity index (χ4n) is 1.91. The molecule has 1 atom stereocenters. The molecule has 18 heavy (non-hydrogen) atoms. The Bertz CT molecular complexity index is 470. The van der Waals surface area contributed by atoms with Gasteiger partial charge in [-0.25, -0.2) is 4.98 Å². The molecular weight excluding hydrogens is 244 g/mol. The number of phenolic OH excluding ortho intramolecular Hbond substituents is 1. The van der Waals surface area contributed by atoms with Crippen LogP contribution in [0.5, 0.6) is 5.75 Å². The summed E-state index contributed by atoms with van der Waals surface area (Å²) < 4.78 is 0. The minimum Gasteiger partial charge on any atom is -0.508 e. The first kappa shape index (κ1) is 13.1. The molecule has 0 aliphatic carbocycles. The Morgan fingerprint density at radius 3 is 3.00 bits per heavy atom. The molecule has 1 aromatic heterocycles. The van der Waals surface area contributed by atoms with Crippen LogP contribution in [-0.4, -0.2) is 16.6 Å². The van der Waals surface area contributed by atoms with Gasteiger partial charge in [-0.05, 0) is 37.1 Å². The number of aromatic hydroxyl groups is 1. The molecule has 0 amide bonds. The second-order valence-electron chi connectivity index (χ2n) is 4.29. The predicted octanol–water partition coefficient (Wildman–Crippen LogP) is 3.13. The molecule has 3 nitrogen and oxygen atoms in total. The van der Waals surface area contributed by atoms with Crippen molar-refractivity contribution in [2.45, 2.75) is 25.8 Å². The number of nitrogens with zero attached hydrogens (tertiary/aromatic N) is 1. The van der Waals surface area contributed by atoms with E-state index in [-0.39, 0.29) is 6.04 Å². The van der Waals surface area contributed by atoms with Crippen LogP contribution >= 0.6 is 11.3 Å². The average molecular weight is 262 g/mol. The minimum atomic E-state index is 0.220. The lowest BCUT2D eigenvalue weighted by molar-refractivity contribution is 0.472. The monoisotopic (exact) mass is 262 g/mol. The molecule has 0 aliphatic rings. The first-order chi connectivity index (χ1) is 8.79. The standard InChI is InChI=1S/C14H18N2OS/c1-2-6-15-13(14-9-18-10-16-14)8-11-4-3-5-12(17)7-11/h3-5,7,9-10,13,15,17H,2,6,8H2,1H3. The Morgan fingerprint density at radius 1 is 1.44 bits per heavy atom. The molecule has 2 aromatic rings. The molecular formula is C14H18N2OS. The van der Waals surface area contributed by atoms with Gasteiger partial charge in [0.25, 0.3) is 0 Å². The highest BCUT2D eigenvalue weighted by atomic mass is 32.1. The third kappa shape index (κ3) is 3.55. The van der Waals surface area contributed by atoms with E-state index in [0.717, 1.165) is 30.6 Å². The fourth-order valence-corrected chi connectivity index (χ4v) is 2.52. The van der Waals surface area contributed by atoms with Crippen LogP contribution < -0.4 is 5.32 Å². The number of hydrogen-bond acceptors (Lipinski definition) is 4.